The normalized spacial score (nSPS) is 11.7. The van der Waals surface area contributed by atoms with E-state index in [-0.39, 0.29) is 0 Å². The van der Waals surface area contributed by atoms with Crippen LogP contribution in [0.3, 0.4) is 0 Å². The molecule has 3 aromatic rings. The number of hydrogen-bond acceptors (Lipinski definition) is 2. The fraction of sp³-hybridized carbons (Fsp3) is 0.240. The molecule has 0 unspecified atom stereocenters. The van der Waals surface area contributed by atoms with E-state index in [0.29, 0.717) is 5.96 Å². The van der Waals surface area contributed by atoms with Crippen LogP contribution in [0, 0.1) is 5.41 Å². The van der Waals surface area contributed by atoms with Gasteiger partial charge in [-0.3, -0.25) is 5.41 Å². The predicted molar refractivity (Wildman–Crippen MR) is 124 cm³/mol. The van der Waals surface area contributed by atoms with Gasteiger partial charge in [-0.15, -0.1) is 0 Å². The van der Waals surface area contributed by atoms with Crippen LogP contribution in [-0.4, -0.2) is 26.7 Å². The minimum absolute atomic E-state index is 0.413. The van der Waals surface area contributed by atoms with Crippen molar-refractivity contribution in [3.63, 3.8) is 0 Å². The summed E-state index contributed by atoms with van der Waals surface area (Å²) in [7, 11) is 3.88. The molecule has 0 saturated heterocycles. The first-order valence-corrected chi connectivity index (χ1v) is 10.1. The Morgan fingerprint density at radius 1 is 0.897 bits per heavy atom. The monoisotopic (exact) mass is 385 g/mol. The molecule has 0 heterocycles. The minimum atomic E-state index is 0.413. The molecule has 0 amide bonds. The van der Waals surface area contributed by atoms with E-state index in [0.717, 1.165) is 36.6 Å². The maximum Gasteiger partial charge on any atom is 0.202 e. The van der Waals surface area contributed by atoms with E-state index in [1.54, 1.807) is 0 Å². The van der Waals surface area contributed by atoms with Crippen molar-refractivity contribution < 1.29 is 4.74 Å². The average Bonchev–Trinajstić information content (AvgIpc) is 3.18. The lowest BCUT2D eigenvalue weighted by atomic mass is 10.0. The fourth-order valence-electron chi connectivity index (χ4n) is 3.76. The standard InChI is InChI=1S/C25H27N3O/c1-4-5-17-29-21-14-12-20(13-15-21)27(2)25(26)28(3)23-16-11-19-10-9-18-7-6-8-22(23)24(18)19/h6-16,26H,4-5,17H2,1-3H3. The zero-order valence-electron chi connectivity index (χ0n) is 17.3. The summed E-state index contributed by atoms with van der Waals surface area (Å²) in [4.78, 5) is 3.82. The third-order valence-electron chi connectivity index (χ3n) is 5.51. The van der Waals surface area contributed by atoms with Gasteiger partial charge < -0.3 is 14.5 Å². The first-order valence-electron chi connectivity index (χ1n) is 10.1. The molecule has 0 aliphatic heterocycles. The number of anilines is 2. The van der Waals surface area contributed by atoms with Crippen molar-refractivity contribution in [2.24, 2.45) is 0 Å². The Hall–Kier alpha value is -3.27. The highest BCUT2D eigenvalue weighted by atomic mass is 16.5. The number of nitrogens with zero attached hydrogens (tertiary/aromatic N) is 2. The lowest BCUT2D eigenvalue weighted by molar-refractivity contribution is 0.309. The molecule has 0 fully saturated rings. The third kappa shape index (κ3) is 3.58. The number of hydrogen-bond donors (Lipinski definition) is 1. The molecule has 0 saturated carbocycles. The van der Waals surface area contributed by atoms with Crippen LogP contribution in [-0.2, 0) is 0 Å². The molecule has 0 aromatic heterocycles. The molecule has 148 valence electrons. The second kappa shape index (κ2) is 8.00. The van der Waals surface area contributed by atoms with Gasteiger partial charge in [-0.05, 0) is 53.3 Å². The number of ether oxygens (including phenoxy) is 1. The largest absolute Gasteiger partial charge is 0.494 e. The van der Waals surface area contributed by atoms with E-state index < -0.39 is 0 Å². The van der Waals surface area contributed by atoms with Gasteiger partial charge in [0.2, 0.25) is 5.96 Å². The van der Waals surface area contributed by atoms with Crippen LogP contribution in [0.15, 0.2) is 54.6 Å². The summed E-state index contributed by atoms with van der Waals surface area (Å²) < 4.78 is 5.75. The van der Waals surface area contributed by atoms with Gasteiger partial charge in [0.1, 0.15) is 5.75 Å². The van der Waals surface area contributed by atoms with Gasteiger partial charge in [-0.1, -0.05) is 49.8 Å². The van der Waals surface area contributed by atoms with E-state index in [9.17, 15) is 0 Å². The number of guanidine groups is 1. The van der Waals surface area contributed by atoms with E-state index >= 15 is 0 Å². The summed E-state index contributed by atoms with van der Waals surface area (Å²) in [5.74, 6) is 1.28. The predicted octanol–water partition coefficient (Wildman–Crippen LogP) is 6.01. The molecule has 4 nitrogen and oxygen atoms in total. The summed E-state index contributed by atoms with van der Waals surface area (Å²) in [6.45, 7) is 2.90. The number of nitrogens with one attached hydrogen (secondary N) is 1. The molecule has 0 radical (unpaired) electrons. The maximum atomic E-state index is 8.77. The van der Waals surface area contributed by atoms with Gasteiger partial charge in [0.25, 0.3) is 0 Å². The van der Waals surface area contributed by atoms with Crippen LogP contribution < -0.4 is 14.5 Å². The van der Waals surface area contributed by atoms with Crippen molar-refractivity contribution in [3.8, 4) is 5.75 Å². The van der Waals surface area contributed by atoms with E-state index in [1.165, 1.54) is 21.9 Å². The van der Waals surface area contributed by atoms with Crippen LogP contribution in [0.1, 0.15) is 30.9 Å². The highest BCUT2D eigenvalue weighted by molar-refractivity contribution is 6.14. The summed E-state index contributed by atoms with van der Waals surface area (Å²) >= 11 is 0. The zero-order chi connectivity index (χ0) is 20.4. The molecule has 1 aliphatic carbocycles. The molecule has 0 atom stereocenters. The second-order valence-electron chi connectivity index (χ2n) is 7.41. The Balaban J connectivity index is 1.55. The van der Waals surface area contributed by atoms with Crippen molar-refractivity contribution >= 4 is 40.3 Å². The van der Waals surface area contributed by atoms with Crippen molar-refractivity contribution in [3.05, 3.63) is 65.7 Å². The zero-order valence-corrected chi connectivity index (χ0v) is 17.3. The van der Waals surface area contributed by atoms with Crippen molar-refractivity contribution in [1.29, 1.82) is 5.41 Å². The number of rotatable bonds is 6. The Morgan fingerprint density at radius 2 is 1.62 bits per heavy atom. The Kier molecular flexibility index (Phi) is 5.26. The molecule has 3 aromatic carbocycles. The van der Waals surface area contributed by atoms with Gasteiger partial charge in [-0.2, -0.15) is 0 Å². The molecule has 1 N–H and O–H groups in total. The van der Waals surface area contributed by atoms with E-state index in [4.69, 9.17) is 10.1 Å². The van der Waals surface area contributed by atoms with Crippen molar-refractivity contribution in [2.75, 3.05) is 30.5 Å². The lowest BCUT2D eigenvalue weighted by Crippen LogP contribution is -2.39. The molecule has 4 rings (SSSR count). The van der Waals surface area contributed by atoms with Gasteiger partial charge >= 0.3 is 0 Å². The summed E-state index contributed by atoms with van der Waals surface area (Å²) in [6.07, 6.45) is 6.49. The minimum Gasteiger partial charge on any atom is -0.494 e. The molecule has 0 spiro atoms. The van der Waals surface area contributed by atoms with Crippen LogP contribution in [0.5, 0.6) is 5.75 Å². The van der Waals surface area contributed by atoms with Gasteiger partial charge in [0.15, 0.2) is 0 Å². The topological polar surface area (TPSA) is 39.6 Å². The first kappa shape index (κ1) is 19.1. The lowest BCUT2D eigenvalue weighted by Gasteiger charge is -2.29. The first-order chi connectivity index (χ1) is 14.1. The molecule has 29 heavy (non-hydrogen) atoms. The fourth-order valence-corrected chi connectivity index (χ4v) is 3.76. The molecule has 0 bridgehead atoms. The molecular weight excluding hydrogens is 358 g/mol. The Labute approximate surface area is 172 Å². The van der Waals surface area contributed by atoms with Crippen molar-refractivity contribution in [1.82, 2.24) is 0 Å². The summed E-state index contributed by atoms with van der Waals surface area (Å²) in [5.41, 5.74) is 4.47. The molecule has 1 aliphatic rings. The highest BCUT2D eigenvalue weighted by Crippen LogP contribution is 2.36. The molecular formula is C25H27N3O. The van der Waals surface area contributed by atoms with Crippen LogP contribution in [0.2, 0.25) is 0 Å². The third-order valence-corrected chi connectivity index (χ3v) is 5.51. The maximum absolute atomic E-state index is 8.77. The smallest absolute Gasteiger partial charge is 0.202 e. The SMILES string of the molecule is CCCCOc1ccc(N(C)C(=N)N(C)c2ccc3c4c(cccc24)C=C3)cc1. The number of unbranched alkanes of at least 4 members (excludes halogenated alkanes) is 1. The van der Waals surface area contributed by atoms with Crippen LogP contribution in [0.25, 0.3) is 22.9 Å². The summed E-state index contributed by atoms with van der Waals surface area (Å²) in [6, 6.07) is 18.5. The quantitative estimate of drug-likeness (QED) is 0.251. The van der Waals surface area contributed by atoms with Gasteiger partial charge in [0.05, 0.1) is 12.3 Å². The number of benzene rings is 3. The van der Waals surface area contributed by atoms with Crippen LogP contribution >= 0.6 is 0 Å². The average molecular weight is 386 g/mol. The van der Waals surface area contributed by atoms with Crippen LogP contribution in [0.4, 0.5) is 11.4 Å². The molecule has 4 heteroatoms. The Bertz CT molecular complexity index is 1060. The van der Waals surface area contributed by atoms with Gasteiger partial charge in [0, 0.05) is 25.2 Å². The van der Waals surface area contributed by atoms with Crippen molar-refractivity contribution in [2.45, 2.75) is 19.8 Å². The van der Waals surface area contributed by atoms with E-state index in [2.05, 4.69) is 49.4 Å². The van der Waals surface area contributed by atoms with E-state index in [1.807, 2.05) is 48.2 Å². The Morgan fingerprint density at radius 3 is 2.34 bits per heavy atom. The van der Waals surface area contributed by atoms with Gasteiger partial charge in [-0.25, -0.2) is 0 Å². The highest BCUT2D eigenvalue weighted by Gasteiger charge is 2.18. The second-order valence-corrected chi connectivity index (χ2v) is 7.41. The summed E-state index contributed by atoms with van der Waals surface area (Å²) in [5, 5.41) is 11.2.